The molecule has 0 bridgehead atoms. The Bertz CT molecular complexity index is 8850. The van der Waals surface area contributed by atoms with E-state index in [2.05, 4.69) is 407 Å². The van der Waals surface area contributed by atoms with Crippen molar-refractivity contribution in [2.45, 2.75) is 0 Å². The molecule has 0 aliphatic carbocycles. The molecule has 0 fully saturated rings. The van der Waals surface area contributed by atoms with E-state index in [4.69, 9.17) is 17.7 Å². The molecule has 0 unspecified atom stereocenters. The third-order valence-corrected chi connectivity index (χ3v) is 25.2. The molecule has 6 heterocycles. The lowest BCUT2D eigenvalue weighted by molar-refractivity contribution is 0.668. The van der Waals surface area contributed by atoms with Crippen LogP contribution in [0.25, 0.3) is 219 Å². The quantitative estimate of drug-likeness (QED) is 0.120. The predicted molar refractivity (Wildman–Crippen MR) is 500 cm³/mol. The van der Waals surface area contributed by atoms with Gasteiger partial charge in [0.1, 0.15) is 44.7 Å². The van der Waals surface area contributed by atoms with Crippen LogP contribution in [0.3, 0.4) is 0 Å². The maximum Gasteiger partial charge on any atom is 0.137 e. The average molecular weight is 1530 g/mol. The first-order valence-electron chi connectivity index (χ1n) is 40.9. The number of hydrogen-bond donors (Lipinski definition) is 0. The standard InChI is InChI=1S/C112H66N4O4/c1-2-23-74(24-3-1)115-99-37-16-13-34-94(99)112-82(35-19-38-101(112)115)73-43-55-106-97(59-73)93-52-47-79(66-111(93)119-106)114(103-61-72-21-5-7-27-81(72)84-29-9-11-31-86(84)103)77-45-50-91-89-48-40-70(62-107(89)120-109(91)64-77)67-22-18-25-75(56-67)116-98-36-15-12-32-87(98)95-57-68(41-53-100(95)116)69-42-54-105-96(58-69)92-51-46-78(65-110(92)118-105)113(76-44-49-90-88-33-14-17-39-104(88)117-108(90)63-76)102-60-71-20-4-6-26-80(71)83-28-8-10-30-85(83)102/h1-66H. The molecule has 0 atom stereocenters. The van der Waals surface area contributed by atoms with Crippen LogP contribution in [0.4, 0.5) is 34.1 Å². The second kappa shape index (κ2) is 25.7. The zero-order valence-electron chi connectivity index (χ0n) is 64.5. The third kappa shape index (κ3) is 10.1. The first-order chi connectivity index (χ1) is 59.4. The van der Waals surface area contributed by atoms with Crippen LogP contribution in [0.1, 0.15) is 0 Å². The Morgan fingerprint density at radius 1 is 0.175 bits per heavy atom. The van der Waals surface area contributed by atoms with E-state index in [1.54, 1.807) is 0 Å². The summed E-state index contributed by atoms with van der Waals surface area (Å²) in [5.74, 6) is 0. The Balaban J connectivity index is 0.541. The van der Waals surface area contributed by atoms with Crippen LogP contribution in [-0.2, 0) is 0 Å². The molecule has 8 nitrogen and oxygen atoms in total. The van der Waals surface area contributed by atoms with Gasteiger partial charge in [-0.1, -0.05) is 218 Å². The zero-order chi connectivity index (χ0) is 78.4. The van der Waals surface area contributed by atoms with Crippen molar-refractivity contribution in [1.82, 2.24) is 9.13 Å². The van der Waals surface area contributed by atoms with Crippen LogP contribution in [0.2, 0.25) is 0 Å². The molecule has 0 aliphatic heterocycles. The van der Waals surface area contributed by atoms with Crippen molar-refractivity contribution in [1.29, 1.82) is 0 Å². The molecule has 20 aromatic carbocycles. The largest absolute Gasteiger partial charge is 0.456 e. The molecule has 0 amide bonds. The van der Waals surface area contributed by atoms with Gasteiger partial charge < -0.3 is 36.6 Å². The van der Waals surface area contributed by atoms with Gasteiger partial charge in [0.15, 0.2) is 0 Å². The van der Waals surface area contributed by atoms with Crippen LogP contribution in [0.15, 0.2) is 418 Å². The molecule has 0 radical (unpaired) electrons. The lowest BCUT2D eigenvalue weighted by atomic mass is 9.97. The highest BCUT2D eigenvalue weighted by molar-refractivity contribution is 6.21. The summed E-state index contributed by atoms with van der Waals surface area (Å²) in [6, 6.07) is 145. The number of aromatic nitrogens is 2. The number of anilines is 6. The molecule has 26 rings (SSSR count). The highest BCUT2D eigenvalue weighted by Crippen LogP contribution is 2.50. The van der Waals surface area contributed by atoms with Crippen molar-refractivity contribution in [3.63, 3.8) is 0 Å². The lowest BCUT2D eigenvalue weighted by Crippen LogP contribution is -2.10. The Morgan fingerprint density at radius 3 is 1.14 bits per heavy atom. The molecule has 0 N–H and O–H groups in total. The fourth-order valence-electron chi connectivity index (χ4n) is 19.8. The smallest absolute Gasteiger partial charge is 0.137 e. The van der Waals surface area contributed by atoms with Crippen LogP contribution in [0.5, 0.6) is 0 Å². The topological polar surface area (TPSA) is 68.9 Å². The molecule has 0 saturated heterocycles. The van der Waals surface area contributed by atoms with E-state index < -0.39 is 0 Å². The summed E-state index contributed by atoms with van der Waals surface area (Å²) >= 11 is 0. The van der Waals surface area contributed by atoms with Crippen LogP contribution in [-0.4, -0.2) is 9.13 Å². The van der Waals surface area contributed by atoms with Gasteiger partial charge in [0.05, 0.1) is 33.4 Å². The van der Waals surface area contributed by atoms with Gasteiger partial charge in [0, 0.05) is 134 Å². The predicted octanol–water partition coefficient (Wildman–Crippen LogP) is 32.0. The summed E-state index contributed by atoms with van der Waals surface area (Å²) in [5, 5.41) is 22.7. The molecule has 0 saturated carbocycles. The summed E-state index contributed by atoms with van der Waals surface area (Å²) in [5.41, 5.74) is 26.1. The van der Waals surface area contributed by atoms with Crippen molar-refractivity contribution in [2.24, 2.45) is 0 Å². The van der Waals surface area contributed by atoms with Gasteiger partial charge in [-0.05, 0) is 223 Å². The average Bonchev–Trinajstić information content (AvgIpc) is 1.66. The minimum atomic E-state index is 0.795. The van der Waals surface area contributed by atoms with E-state index in [1.807, 2.05) is 12.1 Å². The van der Waals surface area contributed by atoms with Gasteiger partial charge >= 0.3 is 0 Å². The summed E-state index contributed by atoms with van der Waals surface area (Å²) < 4.78 is 32.2. The first-order valence-corrected chi connectivity index (χ1v) is 40.9. The number of benzene rings is 20. The SMILES string of the molecule is c1ccc(-n2c3ccccc3c3c(-c4ccc5oc6cc(N(c7ccc8c(c7)oc7cc(-c9cccc(-n%10c%11ccccc%11c%11cc(-c%12ccc%13oc%14cc(N(c%15ccc%16c(c%15)oc%15ccccc%15%16)c%15cc%16ccccc%16c%16ccccc%15%16)ccc%14c%13c%12)ccc%11%10)c9)ccc78)c7cc8ccccc8c8ccccc78)ccc6c5c4)cccc32)cc1. The van der Waals surface area contributed by atoms with Gasteiger partial charge in [0.2, 0.25) is 0 Å². The fraction of sp³-hybridized carbons (Fsp3) is 0. The van der Waals surface area contributed by atoms with Gasteiger partial charge in [-0.2, -0.15) is 0 Å². The molecular formula is C112H66N4O4. The van der Waals surface area contributed by atoms with Gasteiger partial charge in [0.25, 0.3) is 0 Å². The normalized spacial score (nSPS) is 12.2. The van der Waals surface area contributed by atoms with E-state index in [0.29, 0.717) is 0 Å². The molecule has 6 aromatic heterocycles. The number of rotatable bonds is 11. The minimum Gasteiger partial charge on any atom is -0.456 e. The number of hydrogen-bond acceptors (Lipinski definition) is 6. The van der Waals surface area contributed by atoms with Gasteiger partial charge in [-0.3, -0.25) is 0 Å². The number of fused-ring (bicyclic) bond motifs is 24. The van der Waals surface area contributed by atoms with Crippen molar-refractivity contribution >= 4 is 209 Å². The maximum atomic E-state index is 7.10. The number of para-hydroxylation sites is 4. The molecule has 8 heteroatoms. The summed E-state index contributed by atoms with van der Waals surface area (Å²) in [4.78, 5) is 4.73. The molecule has 0 spiro atoms. The number of nitrogens with zero attached hydrogens (tertiary/aromatic N) is 4. The van der Waals surface area contributed by atoms with E-state index in [0.717, 1.165) is 194 Å². The van der Waals surface area contributed by atoms with Crippen molar-refractivity contribution in [2.75, 3.05) is 9.80 Å². The Morgan fingerprint density at radius 2 is 0.542 bits per heavy atom. The monoisotopic (exact) mass is 1530 g/mol. The van der Waals surface area contributed by atoms with Crippen molar-refractivity contribution in [3.8, 4) is 44.8 Å². The lowest BCUT2D eigenvalue weighted by Gasteiger charge is -2.27. The fourth-order valence-corrected chi connectivity index (χ4v) is 19.8. The van der Waals surface area contributed by atoms with Crippen LogP contribution < -0.4 is 9.80 Å². The van der Waals surface area contributed by atoms with E-state index in [1.165, 1.54) is 59.7 Å². The van der Waals surface area contributed by atoms with Crippen molar-refractivity contribution in [3.05, 3.63) is 400 Å². The molecular weight excluding hydrogens is 1470 g/mol. The Kier molecular flexibility index (Phi) is 14.2. The Hall–Kier alpha value is -16.2. The molecule has 0 aliphatic rings. The maximum absolute atomic E-state index is 7.10. The molecule has 558 valence electrons. The number of furan rings is 4. The summed E-state index contributed by atoms with van der Waals surface area (Å²) in [6.07, 6.45) is 0. The van der Waals surface area contributed by atoms with E-state index in [9.17, 15) is 0 Å². The van der Waals surface area contributed by atoms with Gasteiger partial charge in [-0.25, -0.2) is 0 Å². The highest BCUT2D eigenvalue weighted by atomic mass is 16.3. The Labute approximate surface area is 685 Å². The second-order valence-electron chi connectivity index (χ2n) is 31.8. The van der Waals surface area contributed by atoms with Crippen molar-refractivity contribution < 1.29 is 17.7 Å². The third-order valence-electron chi connectivity index (χ3n) is 25.2. The summed E-state index contributed by atoms with van der Waals surface area (Å²) in [6.45, 7) is 0. The van der Waals surface area contributed by atoms with E-state index >= 15 is 0 Å². The molecule has 26 aromatic rings. The zero-order valence-corrected chi connectivity index (χ0v) is 64.5. The van der Waals surface area contributed by atoms with E-state index in [-0.39, 0.29) is 0 Å². The summed E-state index contributed by atoms with van der Waals surface area (Å²) in [7, 11) is 0. The second-order valence-corrected chi connectivity index (χ2v) is 31.8. The molecule has 120 heavy (non-hydrogen) atoms. The van der Waals surface area contributed by atoms with Crippen LogP contribution in [0, 0.1) is 0 Å². The van der Waals surface area contributed by atoms with Gasteiger partial charge in [-0.15, -0.1) is 0 Å². The first kappa shape index (κ1) is 66.2. The minimum absolute atomic E-state index is 0.795. The van der Waals surface area contributed by atoms with Crippen LogP contribution >= 0.6 is 0 Å². The highest BCUT2D eigenvalue weighted by Gasteiger charge is 2.26.